The topological polar surface area (TPSA) is 63.6 Å². The SMILES string of the molecule is COC(=O)c1ccc(C2=CCC3(C)C(CCC4(C)C3CC=C3C5C(C)C(C)CCC5(C(=O)O)CCC34C)C2(C)C)cc1. The quantitative estimate of drug-likeness (QED) is 0.290. The standard InChI is InChI=1S/C38H52O4/c1-23-15-20-38(33(40)41)22-21-36(6)28(31(38)24(23)2)13-14-30-35(5)18-16-27(25-9-11-26(12-10-25)32(39)42-8)34(3,4)29(35)17-19-37(30,36)7/h9-13,16,23-24,29-31H,14-15,17-22H2,1-8H3,(H,40,41). The fraction of sp³-hybridized carbons (Fsp3) is 0.684. The zero-order valence-electron chi connectivity index (χ0n) is 27.2. The molecule has 0 amide bonds. The van der Waals surface area contributed by atoms with Crippen LogP contribution in [0.4, 0.5) is 0 Å². The zero-order valence-corrected chi connectivity index (χ0v) is 27.2. The van der Waals surface area contributed by atoms with E-state index in [1.54, 1.807) is 0 Å². The van der Waals surface area contributed by atoms with Gasteiger partial charge in [0.05, 0.1) is 18.1 Å². The van der Waals surface area contributed by atoms with Crippen LogP contribution in [-0.2, 0) is 9.53 Å². The van der Waals surface area contributed by atoms with Crippen molar-refractivity contribution in [1.29, 1.82) is 0 Å². The number of hydrogen-bond donors (Lipinski definition) is 1. The lowest BCUT2D eigenvalue weighted by molar-refractivity contribution is -0.179. The number of hydrogen-bond acceptors (Lipinski definition) is 3. The first-order valence-electron chi connectivity index (χ1n) is 16.5. The lowest BCUT2D eigenvalue weighted by Crippen LogP contribution is -2.64. The fourth-order valence-electron chi connectivity index (χ4n) is 11.9. The second-order valence-electron chi connectivity index (χ2n) is 16.2. The lowest BCUT2D eigenvalue weighted by Gasteiger charge is -2.70. The van der Waals surface area contributed by atoms with E-state index in [2.05, 4.69) is 72.8 Å². The Bertz CT molecular complexity index is 1350. The molecular formula is C38H52O4. The number of benzene rings is 1. The maximum absolute atomic E-state index is 13.0. The van der Waals surface area contributed by atoms with Gasteiger partial charge in [0.1, 0.15) is 0 Å². The molecule has 9 unspecified atom stereocenters. The van der Waals surface area contributed by atoms with E-state index >= 15 is 0 Å². The first-order chi connectivity index (χ1) is 19.7. The van der Waals surface area contributed by atoms with Crippen LogP contribution in [0.25, 0.3) is 5.57 Å². The largest absolute Gasteiger partial charge is 0.481 e. The van der Waals surface area contributed by atoms with E-state index in [4.69, 9.17) is 4.74 Å². The smallest absolute Gasteiger partial charge is 0.337 e. The maximum Gasteiger partial charge on any atom is 0.337 e. The van der Waals surface area contributed by atoms with Crippen molar-refractivity contribution < 1.29 is 19.4 Å². The molecule has 0 radical (unpaired) electrons. The minimum atomic E-state index is -0.588. The van der Waals surface area contributed by atoms with Crippen LogP contribution in [0.2, 0.25) is 0 Å². The van der Waals surface area contributed by atoms with Crippen LogP contribution >= 0.6 is 0 Å². The highest BCUT2D eigenvalue weighted by Crippen LogP contribution is 2.76. The average Bonchev–Trinajstić information content (AvgIpc) is 2.94. The van der Waals surface area contributed by atoms with E-state index in [1.165, 1.54) is 36.7 Å². The molecule has 9 atom stereocenters. The molecule has 1 aromatic rings. The Morgan fingerprint density at radius 1 is 0.881 bits per heavy atom. The summed E-state index contributed by atoms with van der Waals surface area (Å²) in [4.78, 5) is 25.0. The van der Waals surface area contributed by atoms with Crippen LogP contribution in [-0.4, -0.2) is 24.2 Å². The van der Waals surface area contributed by atoms with Gasteiger partial charge in [-0.25, -0.2) is 4.79 Å². The summed E-state index contributed by atoms with van der Waals surface area (Å²) in [6, 6.07) is 7.97. The second kappa shape index (κ2) is 9.57. The van der Waals surface area contributed by atoms with Crippen molar-refractivity contribution in [3.05, 3.63) is 53.1 Å². The molecule has 4 nitrogen and oxygen atoms in total. The molecule has 0 spiro atoms. The van der Waals surface area contributed by atoms with Gasteiger partial charge < -0.3 is 9.84 Å². The van der Waals surface area contributed by atoms with Crippen molar-refractivity contribution in [2.24, 2.45) is 56.7 Å². The van der Waals surface area contributed by atoms with Crippen molar-refractivity contribution in [3.63, 3.8) is 0 Å². The number of allylic oxidation sites excluding steroid dienone is 4. The minimum Gasteiger partial charge on any atom is -0.481 e. The Morgan fingerprint density at radius 2 is 1.57 bits per heavy atom. The summed E-state index contributed by atoms with van der Waals surface area (Å²) in [7, 11) is 1.43. The normalized spacial score (nSPS) is 43.9. The van der Waals surface area contributed by atoms with E-state index in [1.807, 2.05) is 12.1 Å². The minimum absolute atomic E-state index is 0.00432. The van der Waals surface area contributed by atoms with E-state index in [-0.39, 0.29) is 33.5 Å². The number of carbonyl (C=O) groups excluding carboxylic acids is 1. The summed E-state index contributed by atoms with van der Waals surface area (Å²) in [6.07, 6.45) is 13.3. The molecule has 4 heteroatoms. The third kappa shape index (κ3) is 3.71. The summed E-state index contributed by atoms with van der Waals surface area (Å²) in [5, 5.41) is 10.7. The van der Waals surface area contributed by atoms with Gasteiger partial charge in [-0.05, 0) is 126 Å². The van der Waals surface area contributed by atoms with Crippen LogP contribution in [0.3, 0.4) is 0 Å². The summed E-state index contributed by atoms with van der Waals surface area (Å²) in [6.45, 7) is 17.3. The highest BCUT2D eigenvalue weighted by atomic mass is 16.5. The molecule has 1 N–H and O–H groups in total. The van der Waals surface area contributed by atoms with E-state index < -0.39 is 11.4 Å². The van der Waals surface area contributed by atoms with Gasteiger partial charge in [-0.2, -0.15) is 0 Å². The van der Waals surface area contributed by atoms with Gasteiger partial charge in [0.25, 0.3) is 0 Å². The molecule has 0 bridgehead atoms. The Balaban J connectivity index is 1.39. The molecule has 0 saturated heterocycles. The van der Waals surface area contributed by atoms with Gasteiger partial charge in [-0.3, -0.25) is 4.79 Å². The lowest BCUT2D eigenvalue weighted by atomic mass is 9.33. The summed E-state index contributed by atoms with van der Waals surface area (Å²) < 4.78 is 4.92. The van der Waals surface area contributed by atoms with Gasteiger partial charge in [-0.1, -0.05) is 78.3 Å². The number of esters is 1. The zero-order chi connectivity index (χ0) is 30.5. The number of rotatable bonds is 3. The van der Waals surface area contributed by atoms with Crippen molar-refractivity contribution in [1.82, 2.24) is 0 Å². The number of carboxylic acid groups (broad SMARTS) is 1. The van der Waals surface area contributed by atoms with Crippen molar-refractivity contribution >= 4 is 17.5 Å². The van der Waals surface area contributed by atoms with Gasteiger partial charge in [0.2, 0.25) is 0 Å². The van der Waals surface area contributed by atoms with Crippen LogP contribution in [0, 0.1) is 56.7 Å². The Hall–Kier alpha value is -2.36. The molecule has 0 aliphatic heterocycles. The van der Waals surface area contributed by atoms with Crippen LogP contribution < -0.4 is 0 Å². The number of methoxy groups -OCH3 is 1. The van der Waals surface area contributed by atoms with Crippen molar-refractivity contribution in [3.8, 4) is 0 Å². The van der Waals surface area contributed by atoms with E-state index in [9.17, 15) is 14.7 Å². The average molecular weight is 573 g/mol. The molecule has 3 saturated carbocycles. The number of carbonyl (C=O) groups is 2. The van der Waals surface area contributed by atoms with Gasteiger partial charge in [0, 0.05) is 0 Å². The van der Waals surface area contributed by atoms with E-state index in [0.717, 1.165) is 38.5 Å². The van der Waals surface area contributed by atoms with Crippen LogP contribution in [0.1, 0.15) is 116 Å². The molecular weight excluding hydrogens is 520 g/mol. The maximum atomic E-state index is 13.0. The summed E-state index contributed by atoms with van der Waals surface area (Å²) >= 11 is 0. The summed E-state index contributed by atoms with van der Waals surface area (Å²) in [5.74, 6) is 1.39. The molecule has 0 aromatic heterocycles. The highest BCUT2D eigenvalue weighted by molar-refractivity contribution is 5.90. The predicted octanol–water partition coefficient (Wildman–Crippen LogP) is 9.21. The molecule has 3 fully saturated rings. The number of aliphatic carboxylic acids is 1. The third-order valence-corrected chi connectivity index (χ3v) is 14.6. The predicted molar refractivity (Wildman–Crippen MR) is 168 cm³/mol. The van der Waals surface area contributed by atoms with Crippen LogP contribution in [0.15, 0.2) is 42.0 Å². The molecule has 42 heavy (non-hydrogen) atoms. The second-order valence-corrected chi connectivity index (χ2v) is 16.2. The third-order valence-electron chi connectivity index (χ3n) is 14.6. The Labute approximate surface area is 253 Å². The van der Waals surface area contributed by atoms with Gasteiger partial charge in [-0.15, -0.1) is 0 Å². The van der Waals surface area contributed by atoms with Gasteiger partial charge in [0.15, 0.2) is 0 Å². The van der Waals surface area contributed by atoms with Crippen molar-refractivity contribution in [2.45, 2.75) is 99.8 Å². The molecule has 1 aromatic carbocycles. The van der Waals surface area contributed by atoms with Crippen molar-refractivity contribution in [2.75, 3.05) is 7.11 Å². The highest BCUT2D eigenvalue weighted by Gasteiger charge is 2.69. The molecule has 5 aliphatic rings. The Morgan fingerprint density at radius 3 is 2.21 bits per heavy atom. The monoisotopic (exact) mass is 572 g/mol. The fourth-order valence-corrected chi connectivity index (χ4v) is 11.9. The number of carboxylic acids is 1. The molecule has 6 rings (SSSR count). The summed E-state index contributed by atoms with van der Waals surface area (Å²) in [5.41, 5.74) is 4.48. The molecule has 0 heterocycles. The van der Waals surface area contributed by atoms with E-state index in [0.29, 0.717) is 29.2 Å². The molecule has 228 valence electrons. The number of ether oxygens (including phenoxy) is 1. The Kier molecular flexibility index (Phi) is 6.77. The first-order valence-corrected chi connectivity index (χ1v) is 16.5. The number of fused-ring (bicyclic) bond motifs is 7. The molecule has 5 aliphatic carbocycles. The first kappa shape index (κ1) is 29.7. The van der Waals surface area contributed by atoms with Crippen LogP contribution in [0.5, 0.6) is 0 Å². The van der Waals surface area contributed by atoms with Gasteiger partial charge >= 0.3 is 11.9 Å².